The van der Waals surface area contributed by atoms with Gasteiger partial charge < -0.3 is 15.1 Å². The summed E-state index contributed by atoms with van der Waals surface area (Å²) < 4.78 is 6.14. The van der Waals surface area contributed by atoms with Gasteiger partial charge in [0.15, 0.2) is 0 Å². The van der Waals surface area contributed by atoms with Gasteiger partial charge >= 0.3 is 0 Å². The van der Waals surface area contributed by atoms with Crippen molar-refractivity contribution in [3.63, 3.8) is 0 Å². The van der Waals surface area contributed by atoms with E-state index >= 15 is 0 Å². The Morgan fingerprint density at radius 3 is 2.38 bits per heavy atom. The summed E-state index contributed by atoms with van der Waals surface area (Å²) in [6, 6.07) is 27.7. The number of amides is 1. The lowest BCUT2D eigenvalue weighted by Gasteiger charge is -2.20. The first kappa shape index (κ1) is 31.1. The summed E-state index contributed by atoms with van der Waals surface area (Å²) in [4.78, 5) is 13.5. The Bertz CT molecular complexity index is 1500. The molecule has 0 bridgehead atoms. The van der Waals surface area contributed by atoms with E-state index in [2.05, 4.69) is 68.7 Å². The number of furan rings is 1. The third kappa shape index (κ3) is 8.82. The zero-order valence-corrected chi connectivity index (χ0v) is 25.7. The smallest absolute Gasteiger partial charge is 0.253 e. The number of rotatable bonds is 13. The fourth-order valence-corrected chi connectivity index (χ4v) is 5.17. The maximum Gasteiger partial charge on any atom is 0.253 e. The number of nitriles is 1. The highest BCUT2D eigenvalue weighted by Gasteiger charge is 2.19. The maximum atomic E-state index is 13.5. The van der Waals surface area contributed by atoms with Gasteiger partial charge in [0, 0.05) is 17.6 Å². The van der Waals surface area contributed by atoms with Gasteiger partial charge in [-0.2, -0.15) is 5.26 Å². The summed E-state index contributed by atoms with van der Waals surface area (Å²) in [6.45, 7) is 9.22. The van der Waals surface area contributed by atoms with Crippen LogP contribution < -0.4 is 10.6 Å². The monoisotopic (exact) mass is 581 g/mol. The Balaban J connectivity index is 1.44. The predicted octanol–water partition coefficient (Wildman–Crippen LogP) is 8.80. The molecule has 1 aromatic heterocycles. The maximum absolute atomic E-state index is 13.5. The van der Waals surface area contributed by atoms with E-state index < -0.39 is 0 Å². The molecule has 4 aromatic rings. The summed E-state index contributed by atoms with van der Waals surface area (Å²) in [5.41, 5.74) is 5.39. The fraction of sp³-hybridized carbons (Fsp3) is 0.333. The number of hydrogen-bond donors (Lipinski definition) is 2. The van der Waals surface area contributed by atoms with Crippen molar-refractivity contribution in [1.82, 2.24) is 10.6 Å². The molecule has 5 nitrogen and oxygen atoms in total. The summed E-state index contributed by atoms with van der Waals surface area (Å²) in [7, 11) is 0. The first-order chi connectivity index (χ1) is 20.2. The van der Waals surface area contributed by atoms with Gasteiger partial charge in [-0.15, -0.1) is 0 Å². The second-order valence-corrected chi connectivity index (χ2v) is 11.9. The third-order valence-electron chi connectivity index (χ3n) is 7.55. The van der Waals surface area contributed by atoms with Crippen LogP contribution in [0.3, 0.4) is 0 Å². The SMILES string of the molecule is Cc1ccc([C@@H](C)NCc2ccc(-c3ccc(Cl)c(C(=O)N[C@@H](CCCC(C)C)Cc4ccc(C#N)cc4)c3)o2)cc1. The standard InChI is InChI=1S/C36H40ClN3O2/c1-24(2)6-5-7-31(20-27-10-12-28(22-38)13-11-27)40-36(41)33-21-30(16-18-34(33)37)35-19-17-32(42-35)23-39-26(4)29-14-8-25(3)9-15-29/h8-19,21,24,26,31,39H,5-7,20,23H2,1-4H3,(H,40,41)/t26-,31+/m1/s1. The highest BCUT2D eigenvalue weighted by Crippen LogP contribution is 2.28. The van der Waals surface area contributed by atoms with Gasteiger partial charge in [-0.25, -0.2) is 0 Å². The second-order valence-electron chi connectivity index (χ2n) is 11.5. The number of nitrogens with zero attached hydrogens (tertiary/aromatic N) is 1. The zero-order valence-electron chi connectivity index (χ0n) is 24.9. The fourth-order valence-electron chi connectivity index (χ4n) is 4.97. The molecular weight excluding hydrogens is 542 g/mol. The molecule has 218 valence electrons. The highest BCUT2D eigenvalue weighted by molar-refractivity contribution is 6.34. The van der Waals surface area contributed by atoms with E-state index in [1.807, 2.05) is 42.5 Å². The number of benzene rings is 3. The topological polar surface area (TPSA) is 78.1 Å². The molecule has 0 saturated heterocycles. The van der Waals surface area contributed by atoms with Crippen LogP contribution in [0.25, 0.3) is 11.3 Å². The minimum Gasteiger partial charge on any atom is -0.460 e. The highest BCUT2D eigenvalue weighted by atomic mass is 35.5. The first-order valence-corrected chi connectivity index (χ1v) is 15.1. The Hall–Kier alpha value is -3.85. The molecule has 0 aliphatic rings. The van der Waals surface area contributed by atoms with Crippen LogP contribution in [0.4, 0.5) is 0 Å². The van der Waals surface area contributed by atoms with Crippen molar-refractivity contribution in [2.45, 2.75) is 72.0 Å². The van der Waals surface area contributed by atoms with Crippen LogP contribution in [-0.4, -0.2) is 11.9 Å². The molecule has 2 atom stereocenters. The van der Waals surface area contributed by atoms with Crippen molar-refractivity contribution in [1.29, 1.82) is 5.26 Å². The number of nitrogens with one attached hydrogen (secondary N) is 2. The van der Waals surface area contributed by atoms with Gasteiger partial charge in [0.2, 0.25) is 0 Å². The van der Waals surface area contributed by atoms with Gasteiger partial charge in [-0.1, -0.05) is 80.3 Å². The van der Waals surface area contributed by atoms with Gasteiger partial charge in [-0.05, 0) is 86.2 Å². The van der Waals surface area contributed by atoms with Crippen LogP contribution in [0.2, 0.25) is 5.02 Å². The number of halogens is 1. The molecule has 42 heavy (non-hydrogen) atoms. The van der Waals surface area contributed by atoms with E-state index in [1.165, 1.54) is 11.1 Å². The molecule has 0 aliphatic carbocycles. The van der Waals surface area contributed by atoms with Gasteiger partial charge in [-0.3, -0.25) is 4.79 Å². The zero-order chi connectivity index (χ0) is 30.1. The molecule has 0 saturated carbocycles. The number of carbonyl (C=O) groups is 1. The van der Waals surface area contributed by atoms with Crippen LogP contribution in [-0.2, 0) is 13.0 Å². The Morgan fingerprint density at radius 2 is 1.69 bits per heavy atom. The number of carbonyl (C=O) groups excluding carboxylic acids is 1. The second kappa shape index (κ2) is 14.9. The van der Waals surface area contributed by atoms with E-state index in [0.717, 1.165) is 36.1 Å². The van der Waals surface area contributed by atoms with Crippen LogP contribution in [0.5, 0.6) is 0 Å². The van der Waals surface area contributed by atoms with E-state index in [9.17, 15) is 4.79 Å². The van der Waals surface area contributed by atoms with Crippen molar-refractivity contribution in [2.75, 3.05) is 0 Å². The average molecular weight is 582 g/mol. The largest absolute Gasteiger partial charge is 0.460 e. The number of aryl methyl sites for hydroxylation is 1. The van der Waals surface area contributed by atoms with E-state index in [-0.39, 0.29) is 18.0 Å². The van der Waals surface area contributed by atoms with Crippen LogP contribution in [0, 0.1) is 24.2 Å². The van der Waals surface area contributed by atoms with Gasteiger partial charge in [0.1, 0.15) is 11.5 Å². The Morgan fingerprint density at radius 1 is 0.952 bits per heavy atom. The van der Waals surface area contributed by atoms with Crippen molar-refractivity contribution in [2.24, 2.45) is 5.92 Å². The molecule has 1 heterocycles. The predicted molar refractivity (Wildman–Crippen MR) is 170 cm³/mol. The van der Waals surface area contributed by atoms with Crippen molar-refractivity contribution in [3.8, 4) is 17.4 Å². The van der Waals surface area contributed by atoms with Gasteiger partial charge in [0.25, 0.3) is 5.91 Å². The van der Waals surface area contributed by atoms with Crippen LogP contribution >= 0.6 is 11.6 Å². The van der Waals surface area contributed by atoms with Crippen molar-refractivity contribution >= 4 is 17.5 Å². The lowest BCUT2D eigenvalue weighted by Crippen LogP contribution is -2.36. The number of hydrogen-bond acceptors (Lipinski definition) is 4. The average Bonchev–Trinajstić information content (AvgIpc) is 3.45. The van der Waals surface area contributed by atoms with Crippen LogP contribution in [0.1, 0.15) is 84.4 Å². The van der Waals surface area contributed by atoms with E-state index in [4.69, 9.17) is 21.3 Å². The molecular formula is C36H40ClN3O2. The van der Waals surface area contributed by atoms with Crippen molar-refractivity contribution < 1.29 is 9.21 Å². The van der Waals surface area contributed by atoms with E-state index in [0.29, 0.717) is 40.8 Å². The molecule has 3 aromatic carbocycles. The molecule has 6 heteroatoms. The Kier molecular flexibility index (Phi) is 11.0. The lowest BCUT2D eigenvalue weighted by atomic mass is 9.97. The molecule has 0 spiro atoms. The van der Waals surface area contributed by atoms with Gasteiger partial charge in [0.05, 0.1) is 28.8 Å². The lowest BCUT2D eigenvalue weighted by molar-refractivity contribution is 0.0934. The molecule has 0 aliphatic heterocycles. The molecule has 2 N–H and O–H groups in total. The summed E-state index contributed by atoms with van der Waals surface area (Å²) >= 11 is 6.53. The quantitative estimate of drug-likeness (QED) is 0.165. The minimum atomic E-state index is -0.203. The summed E-state index contributed by atoms with van der Waals surface area (Å²) in [6.07, 6.45) is 3.65. The minimum absolute atomic E-state index is 0.0549. The summed E-state index contributed by atoms with van der Waals surface area (Å²) in [5.74, 6) is 1.90. The molecule has 4 rings (SSSR count). The van der Waals surface area contributed by atoms with Crippen LogP contribution in [0.15, 0.2) is 83.3 Å². The molecule has 0 fully saturated rings. The first-order valence-electron chi connectivity index (χ1n) is 14.7. The third-order valence-corrected chi connectivity index (χ3v) is 7.88. The normalized spacial score (nSPS) is 12.6. The Labute approximate surface area is 254 Å². The summed E-state index contributed by atoms with van der Waals surface area (Å²) in [5, 5.41) is 16.3. The molecule has 0 radical (unpaired) electrons. The van der Waals surface area contributed by atoms with Crippen molar-refractivity contribution in [3.05, 3.63) is 117 Å². The molecule has 1 amide bonds. The molecule has 0 unspecified atom stereocenters. The van der Waals surface area contributed by atoms with E-state index in [1.54, 1.807) is 12.1 Å².